The van der Waals surface area contributed by atoms with Crippen LogP contribution in [0.2, 0.25) is 0 Å². The van der Waals surface area contributed by atoms with E-state index in [0.29, 0.717) is 6.04 Å². The number of hydrogen-bond donors (Lipinski definition) is 1. The van der Waals surface area contributed by atoms with Crippen molar-refractivity contribution >= 4 is 33.5 Å². The summed E-state index contributed by atoms with van der Waals surface area (Å²) in [7, 11) is 0. The maximum atomic E-state index is 4.68. The summed E-state index contributed by atoms with van der Waals surface area (Å²) in [5.74, 6) is 0.937. The first kappa shape index (κ1) is 15.3. The number of nitrogens with one attached hydrogen (secondary N) is 1. The fourth-order valence-corrected chi connectivity index (χ4v) is 5.08. The maximum absolute atomic E-state index is 4.68. The van der Waals surface area contributed by atoms with E-state index in [1.165, 1.54) is 49.6 Å². The highest BCUT2D eigenvalue weighted by atomic mass is 32.2. The number of hydrogen-bond acceptors (Lipinski definition) is 4. The molecule has 1 aliphatic rings. The molecule has 0 bridgehead atoms. The second kappa shape index (κ2) is 7.61. The van der Waals surface area contributed by atoms with Crippen molar-refractivity contribution in [3.05, 3.63) is 24.3 Å². The molecule has 2 unspecified atom stereocenters. The van der Waals surface area contributed by atoms with Gasteiger partial charge in [0.05, 0.1) is 10.2 Å². The molecule has 2 aromatic rings. The van der Waals surface area contributed by atoms with Crippen LogP contribution in [0.3, 0.4) is 0 Å². The van der Waals surface area contributed by atoms with E-state index in [1.807, 2.05) is 0 Å². The van der Waals surface area contributed by atoms with Gasteiger partial charge in [0.2, 0.25) is 0 Å². The van der Waals surface area contributed by atoms with Crippen molar-refractivity contribution in [2.24, 2.45) is 5.92 Å². The summed E-state index contributed by atoms with van der Waals surface area (Å²) in [5.41, 5.74) is 1.12. The van der Waals surface area contributed by atoms with Gasteiger partial charge in [-0.15, -0.1) is 11.3 Å². The molecule has 1 aromatic carbocycles. The van der Waals surface area contributed by atoms with E-state index in [9.17, 15) is 0 Å². The standard InChI is InChI=1S/C17H24N2S2/c1-2-3-7-13-8-6-9-14(12-13)19-21-17-18-15-10-4-5-11-16(15)20-17/h4-5,10-11,13-14,19H,2-3,6-9,12H2,1H3. The van der Waals surface area contributed by atoms with E-state index in [4.69, 9.17) is 0 Å². The van der Waals surface area contributed by atoms with Crippen molar-refractivity contribution in [2.45, 2.75) is 62.3 Å². The Bertz CT molecular complexity index is 534. The third-order valence-electron chi connectivity index (χ3n) is 4.34. The van der Waals surface area contributed by atoms with E-state index >= 15 is 0 Å². The zero-order chi connectivity index (χ0) is 14.5. The van der Waals surface area contributed by atoms with Crippen molar-refractivity contribution in [2.75, 3.05) is 0 Å². The van der Waals surface area contributed by atoms with E-state index in [1.54, 1.807) is 23.3 Å². The van der Waals surface area contributed by atoms with Crippen LogP contribution in [0.5, 0.6) is 0 Å². The van der Waals surface area contributed by atoms with Gasteiger partial charge in [-0.1, -0.05) is 51.2 Å². The van der Waals surface area contributed by atoms with Gasteiger partial charge in [0.15, 0.2) is 4.34 Å². The van der Waals surface area contributed by atoms with E-state index < -0.39 is 0 Å². The van der Waals surface area contributed by atoms with Gasteiger partial charge in [0.1, 0.15) is 0 Å². The Morgan fingerprint density at radius 3 is 3.10 bits per heavy atom. The van der Waals surface area contributed by atoms with Crippen LogP contribution in [0.1, 0.15) is 51.9 Å². The van der Waals surface area contributed by atoms with Crippen molar-refractivity contribution in [3.63, 3.8) is 0 Å². The largest absolute Gasteiger partial charge is 0.255 e. The number of thiazole rings is 1. The normalized spacial score (nSPS) is 22.7. The first-order valence-electron chi connectivity index (χ1n) is 8.13. The number of fused-ring (bicyclic) bond motifs is 1. The molecule has 4 heteroatoms. The first-order valence-corrected chi connectivity index (χ1v) is 9.76. The highest BCUT2D eigenvalue weighted by Gasteiger charge is 2.21. The number of aromatic nitrogens is 1. The molecule has 2 atom stereocenters. The molecule has 21 heavy (non-hydrogen) atoms. The molecule has 1 N–H and O–H groups in total. The fourth-order valence-electron chi connectivity index (χ4n) is 3.18. The minimum Gasteiger partial charge on any atom is -0.255 e. The van der Waals surface area contributed by atoms with Crippen molar-refractivity contribution < 1.29 is 0 Å². The molecule has 1 aromatic heterocycles. The molecule has 0 radical (unpaired) electrons. The lowest BCUT2D eigenvalue weighted by atomic mass is 9.83. The summed E-state index contributed by atoms with van der Waals surface area (Å²) in [6, 6.07) is 9.05. The van der Waals surface area contributed by atoms with Gasteiger partial charge in [-0.25, -0.2) is 4.98 Å². The number of nitrogens with zero attached hydrogens (tertiary/aromatic N) is 1. The number of para-hydroxylation sites is 1. The van der Waals surface area contributed by atoms with Crippen LogP contribution >= 0.6 is 23.3 Å². The molecule has 3 rings (SSSR count). The SMILES string of the molecule is CCCCC1CCCC(NSc2nc3ccccc3s2)C1. The molecule has 0 spiro atoms. The summed E-state index contributed by atoms with van der Waals surface area (Å²) in [4.78, 5) is 4.68. The smallest absolute Gasteiger partial charge is 0.166 e. The van der Waals surface area contributed by atoms with Crippen LogP contribution in [0.25, 0.3) is 10.2 Å². The van der Waals surface area contributed by atoms with Gasteiger partial charge in [0.25, 0.3) is 0 Å². The van der Waals surface area contributed by atoms with E-state index in [-0.39, 0.29) is 0 Å². The summed E-state index contributed by atoms with van der Waals surface area (Å²) < 4.78 is 6.10. The quantitative estimate of drug-likeness (QED) is 0.697. The molecular formula is C17H24N2S2. The molecule has 0 saturated heterocycles. The Morgan fingerprint density at radius 2 is 2.24 bits per heavy atom. The Morgan fingerprint density at radius 1 is 1.33 bits per heavy atom. The lowest BCUT2D eigenvalue weighted by Crippen LogP contribution is -2.29. The summed E-state index contributed by atoms with van der Waals surface area (Å²) in [6.07, 6.45) is 9.62. The van der Waals surface area contributed by atoms with Gasteiger partial charge in [-0.3, -0.25) is 4.72 Å². The second-order valence-electron chi connectivity index (χ2n) is 6.04. The van der Waals surface area contributed by atoms with Crippen LogP contribution in [-0.4, -0.2) is 11.0 Å². The van der Waals surface area contributed by atoms with Crippen LogP contribution in [0.4, 0.5) is 0 Å². The molecule has 1 heterocycles. The van der Waals surface area contributed by atoms with Gasteiger partial charge in [-0.2, -0.15) is 0 Å². The monoisotopic (exact) mass is 320 g/mol. The number of rotatable bonds is 6. The minimum absolute atomic E-state index is 0.664. The highest BCUT2D eigenvalue weighted by molar-refractivity contribution is 7.99. The maximum Gasteiger partial charge on any atom is 0.166 e. The third kappa shape index (κ3) is 4.21. The predicted octanol–water partition coefficient (Wildman–Crippen LogP) is 5.64. The second-order valence-corrected chi connectivity index (χ2v) is 8.15. The molecule has 2 nitrogen and oxygen atoms in total. The minimum atomic E-state index is 0.664. The summed E-state index contributed by atoms with van der Waals surface area (Å²) >= 11 is 3.53. The summed E-state index contributed by atoms with van der Waals surface area (Å²) in [5, 5.41) is 0. The number of unbranched alkanes of at least 4 members (excludes halogenated alkanes) is 1. The van der Waals surface area contributed by atoms with Crippen molar-refractivity contribution in [1.82, 2.24) is 9.71 Å². The zero-order valence-electron chi connectivity index (χ0n) is 12.7. The fraction of sp³-hybridized carbons (Fsp3) is 0.588. The first-order chi connectivity index (χ1) is 10.3. The lowest BCUT2D eigenvalue weighted by molar-refractivity contribution is 0.292. The van der Waals surface area contributed by atoms with Gasteiger partial charge < -0.3 is 0 Å². The lowest BCUT2D eigenvalue weighted by Gasteiger charge is -2.29. The third-order valence-corrected chi connectivity index (χ3v) is 6.38. The molecular weight excluding hydrogens is 296 g/mol. The average Bonchev–Trinajstić information content (AvgIpc) is 2.94. The Hall–Kier alpha value is -0.580. The Kier molecular flexibility index (Phi) is 5.55. The van der Waals surface area contributed by atoms with Crippen molar-refractivity contribution in [3.8, 4) is 0 Å². The van der Waals surface area contributed by atoms with Gasteiger partial charge >= 0.3 is 0 Å². The number of benzene rings is 1. The Labute approximate surface area is 135 Å². The molecule has 0 amide bonds. The molecule has 1 fully saturated rings. The highest BCUT2D eigenvalue weighted by Crippen LogP contribution is 2.32. The van der Waals surface area contributed by atoms with Crippen LogP contribution in [0, 0.1) is 5.92 Å². The summed E-state index contributed by atoms with van der Waals surface area (Å²) in [6.45, 7) is 2.29. The van der Waals surface area contributed by atoms with Gasteiger partial charge in [-0.05, 0) is 42.8 Å². The molecule has 114 valence electrons. The van der Waals surface area contributed by atoms with E-state index in [0.717, 1.165) is 15.8 Å². The topological polar surface area (TPSA) is 24.9 Å². The molecule has 0 aliphatic heterocycles. The molecule has 1 aliphatic carbocycles. The van der Waals surface area contributed by atoms with Crippen molar-refractivity contribution in [1.29, 1.82) is 0 Å². The molecule has 1 saturated carbocycles. The Balaban J connectivity index is 1.52. The van der Waals surface area contributed by atoms with Crippen LogP contribution in [0.15, 0.2) is 28.6 Å². The van der Waals surface area contributed by atoms with E-state index in [2.05, 4.69) is 40.9 Å². The average molecular weight is 321 g/mol. The zero-order valence-corrected chi connectivity index (χ0v) is 14.3. The predicted molar refractivity (Wildman–Crippen MR) is 93.9 cm³/mol. The van der Waals surface area contributed by atoms with Gasteiger partial charge in [0, 0.05) is 6.04 Å². The van der Waals surface area contributed by atoms with Crippen LogP contribution < -0.4 is 4.72 Å². The van der Waals surface area contributed by atoms with Crippen LogP contribution in [-0.2, 0) is 0 Å².